The quantitative estimate of drug-likeness (QED) is 0.352. The van der Waals surface area contributed by atoms with E-state index in [0.29, 0.717) is 37.4 Å². The third-order valence-electron chi connectivity index (χ3n) is 7.19. The first-order valence-electron chi connectivity index (χ1n) is 12.3. The number of fused-ring (bicyclic) bond motifs is 1. The summed E-state index contributed by atoms with van der Waals surface area (Å²) in [5.74, 6) is -0.672. The van der Waals surface area contributed by atoms with E-state index < -0.39 is 5.97 Å². The summed E-state index contributed by atoms with van der Waals surface area (Å²) in [6, 6.07) is 26.8. The van der Waals surface area contributed by atoms with Crippen LogP contribution in [0, 0.1) is 11.8 Å². The van der Waals surface area contributed by atoms with Crippen LogP contribution in [0.2, 0.25) is 0 Å². The molecule has 0 unspecified atom stereocenters. The Morgan fingerprint density at radius 2 is 1.54 bits per heavy atom. The Bertz CT molecular complexity index is 1320. The van der Waals surface area contributed by atoms with Crippen molar-refractivity contribution in [3.63, 3.8) is 0 Å². The lowest BCUT2D eigenvalue weighted by atomic mass is 9.82. The number of nitrogens with one attached hydrogen (secondary N) is 1. The van der Waals surface area contributed by atoms with Crippen molar-refractivity contribution in [2.75, 3.05) is 6.54 Å². The number of carbonyl (C=O) groups is 2. The molecular weight excluding hydrogens is 436 g/mol. The largest absolute Gasteiger partial charge is 0.481 e. The standard InChI is InChI=1S/C30H30N2O3/c33-29(31-19-21-9-15-26(16-10-21)30(34)35)27-8-4-7-25-17-18-32(28(25)27)20-22-11-13-24(14-12-22)23-5-2-1-3-6-23/h1-8,11-14,17-18,21,26H,9-10,15-16,19-20H2,(H,31,33)(H,34,35)/t21-,26-. The van der Waals surface area contributed by atoms with E-state index in [1.165, 1.54) is 16.7 Å². The molecule has 0 aliphatic heterocycles. The summed E-state index contributed by atoms with van der Waals surface area (Å²) in [6.45, 7) is 1.27. The SMILES string of the molecule is O=C(NC[C@H]1CC[C@H](C(=O)O)CC1)c1cccc2ccn(Cc3ccc(-c4ccccc4)cc3)c12. The van der Waals surface area contributed by atoms with Crippen LogP contribution in [0.5, 0.6) is 0 Å². The molecule has 5 nitrogen and oxygen atoms in total. The van der Waals surface area contributed by atoms with E-state index in [2.05, 4.69) is 52.3 Å². The van der Waals surface area contributed by atoms with Crippen LogP contribution in [0.1, 0.15) is 41.6 Å². The molecule has 3 aromatic carbocycles. The molecule has 1 fully saturated rings. The fraction of sp³-hybridized carbons (Fsp3) is 0.267. The molecular formula is C30H30N2O3. The van der Waals surface area contributed by atoms with Gasteiger partial charge in [0.05, 0.1) is 17.0 Å². The summed E-state index contributed by atoms with van der Waals surface area (Å²) in [4.78, 5) is 24.3. The summed E-state index contributed by atoms with van der Waals surface area (Å²) in [5, 5.41) is 13.4. The molecule has 1 amide bonds. The van der Waals surface area contributed by atoms with Crippen molar-refractivity contribution in [3.8, 4) is 11.1 Å². The zero-order valence-electron chi connectivity index (χ0n) is 19.7. The van der Waals surface area contributed by atoms with Crippen LogP contribution in [0.25, 0.3) is 22.0 Å². The molecule has 0 saturated heterocycles. The smallest absolute Gasteiger partial charge is 0.306 e. The van der Waals surface area contributed by atoms with Crippen LogP contribution in [-0.2, 0) is 11.3 Å². The van der Waals surface area contributed by atoms with Crippen molar-refractivity contribution in [2.24, 2.45) is 11.8 Å². The molecule has 1 aromatic heterocycles. The first-order valence-corrected chi connectivity index (χ1v) is 12.3. The fourth-order valence-electron chi connectivity index (χ4n) is 5.15. The van der Waals surface area contributed by atoms with E-state index in [9.17, 15) is 14.7 Å². The number of amides is 1. The van der Waals surface area contributed by atoms with Gasteiger partial charge in [-0.1, -0.05) is 66.7 Å². The van der Waals surface area contributed by atoms with Gasteiger partial charge in [0.15, 0.2) is 0 Å². The predicted molar refractivity (Wildman–Crippen MR) is 138 cm³/mol. The highest BCUT2D eigenvalue weighted by atomic mass is 16.4. The van der Waals surface area contributed by atoms with Crippen LogP contribution in [0.4, 0.5) is 0 Å². The van der Waals surface area contributed by atoms with Gasteiger partial charge in [-0.25, -0.2) is 0 Å². The van der Waals surface area contributed by atoms with Gasteiger partial charge in [0.2, 0.25) is 0 Å². The maximum Gasteiger partial charge on any atom is 0.306 e. The van der Waals surface area contributed by atoms with E-state index in [1.807, 2.05) is 42.6 Å². The van der Waals surface area contributed by atoms with Gasteiger partial charge in [0.1, 0.15) is 0 Å². The van der Waals surface area contributed by atoms with Crippen molar-refractivity contribution in [1.29, 1.82) is 0 Å². The highest BCUT2D eigenvalue weighted by Crippen LogP contribution is 2.29. The molecule has 5 rings (SSSR count). The van der Waals surface area contributed by atoms with Crippen molar-refractivity contribution in [2.45, 2.75) is 32.2 Å². The fourth-order valence-corrected chi connectivity index (χ4v) is 5.15. The lowest BCUT2D eigenvalue weighted by Crippen LogP contribution is -2.32. The highest BCUT2D eigenvalue weighted by Gasteiger charge is 2.26. The van der Waals surface area contributed by atoms with E-state index in [4.69, 9.17) is 0 Å². The van der Waals surface area contributed by atoms with Crippen LogP contribution in [0.3, 0.4) is 0 Å². The predicted octanol–water partition coefficient (Wildman–Crippen LogP) is 5.98. The van der Waals surface area contributed by atoms with Gasteiger partial charge in [-0.2, -0.15) is 0 Å². The summed E-state index contributed by atoms with van der Waals surface area (Å²) >= 11 is 0. The number of benzene rings is 3. The number of carboxylic acids is 1. The van der Waals surface area contributed by atoms with Gasteiger partial charge in [-0.3, -0.25) is 9.59 Å². The van der Waals surface area contributed by atoms with E-state index in [-0.39, 0.29) is 11.8 Å². The number of para-hydroxylation sites is 1. The van der Waals surface area contributed by atoms with E-state index >= 15 is 0 Å². The summed E-state index contributed by atoms with van der Waals surface area (Å²) in [5.41, 5.74) is 5.16. The average Bonchev–Trinajstić information content (AvgIpc) is 3.31. The molecule has 4 aromatic rings. The molecule has 0 atom stereocenters. The molecule has 178 valence electrons. The Kier molecular flexibility index (Phi) is 6.66. The number of hydrogen-bond donors (Lipinski definition) is 2. The molecule has 1 saturated carbocycles. The molecule has 35 heavy (non-hydrogen) atoms. The zero-order valence-corrected chi connectivity index (χ0v) is 19.7. The highest BCUT2D eigenvalue weighted by molar-refractivity contribution is 6.06. The van der Waals surface area contributed by atoms with Gasteiger partial charge < -0.3 is 15.0 Å². The Hall–Kier alpha value is -3.86. The summed E-state index contributed by atoms with van der Waals surface area (Å²) in [7, 11) is 0. The minimum Gasteiger partial charge on any atom is -0.481 e. The van der Waals surface area contributed by atoms with Crippen LogP contribution < -0.4 is 5.32 Å². The van der Waals surface area contributed by atoms with Crippen molar-refractivity contribution in [3.05, 3.63) is 96.2 Å². The monoisotopic (exact) mass is 466 g/mol. The number of rotatable bonds is 7. The number of carbonyl (C=O) groups excluding carboxylic acids is 1. The Balaban J connectivity index is 1.29. The number of nitrogens with zero attached hydrogens (tertiary/aromatic N) is 1. The van der Waals surface area contributed by atoms with Crippen LogP contribution >= 0.6 is 0 Å². The minimum absolute atomic E-state index is 0.0738. The van der Waals surface area contributed by atoms with E-state index in [0.717, 1.165) is 23.7 Å². The van der Waals surface area contributed by atoms with Crippen molar-refractivity contribution >= 4 is 22.8 Å². The third-order valence-corrected chi connectivity index (χ3v) is 7.19. The van der Waals surface area contributed by atoms with Gasteiger partial charge in [0, 0.05) is 24.7 Å². The molecule has 1 heterocycles. The summed E-state index contributed by atoms with van der Waals surface area (Å²) in [6.07, 6.45) is 5.11. The van der Waals surface area contributed by atoms with Gasteiger partial charge in [-0.05, 0) is 60.4 Å². The maximum absolute atomic E-state index is 13.2. The molecule has 5 heteroatoms. The van der Waals surface area contributed by atoms with Gasteiger partial charge >= 0.3 is 5.97 Å². The molecule has 1 aliphatic rings. The Labute approximate surface area is 205 Å². The number of aliphatic carboxylic acids is 1. The third kappa shape index (κ3) is 5.14. The second-order valence-corrected chi connectivity index (χ2v) is 9.52. The average molecular weight is 467 g/mol. The Morgan fingerprint density at radius 3 is 2.26 bits per heavy atom. The molecule has 2 N–H and O–H groups in total. The van der Waals surface area contributed by atoms with Crippen molar-refractivity contribution in [1.82, 2.24) is 9.88 Å². The molecule has 0 radical (unpaired) electrons. The zero-order chi connectivity index (χ0) is 24.2. The molecule has 0 spiro atoms. The molecule has 1 aliphatic carbocycles. The number of hydrogen-bond acceptors (Lipinski definition) is 2. The first kappa shape index (κ1) is 22.9. The van der Waals surface area contributed by atoms with E-state index in [1.54, 1.807) is 0 Å². The second-order valence-electron chi connectivity index (χ2n) is 9.52. The number of carboxylic acid groups (broad SMARTS) is 1. The minimum atomic E-state index is -0.699. The van der Waals surface area contributed by atoms with Crippen molar-refractivity contribution < 1.29 is 14.7 Å². The second kappa shape index (κ2) is 10.2. The normalized spacial score (nSPS) is 17.8. The first-order chi connectivity index (χ1) is 17.1. The topological polar surface area (TPSA) is 71.3 Å². The van der Waals surface area contributed by atoms with Gasteiger partial charge in [0.25, 0.3) is 5.91 Å². The van der Waals surface area contributed by atoms with Gasteiger partial charge in [-0.15, -0.1) is 0 Å². The lowest BCUT2D eigenvalue weighted by molar-refractivity contribution is -0.143. The van der Waals surface area contributed by atoms with Crippen LogP contribution in [-0.4, -0.2) is 28.1 Å². The summed E-state index contributed by atoms with van der Waals surface area (Å²) < 4.78 is 2.14. The lowest BCUT2D eigenvalue weighted by Gasteiger charge is -2.26. The number of aromatic nitrogens is 1. The molecule has 0 bridgehead atoms. The Morgan fingerprint density at radius 1 is 0.829 bits per heavy atom. The maximum atomic E-state index is 13.2. The van der Waals surface area contributed by atoms with Crippen LogP contribution in [0.15, 0.2) is 85.1 Å².